The Balaban J connectivity index is 1.40. The van der Waals surface area contributed by atoms with Crippen LogP contribution >= 0.6 is 0 Å². The van der Waals surface area contributed by atoms with Crippen molar-refractivity contribution in [3.8, 4) is 0 Å². The molecule has 27 heavy (non-hydrogen) atoms. The molecule has 0 fully saturated rings. The molecule has 0 saturated heterocycles. The predicted molar refractivity (Wildman–Crippen MR) is 98.4 cm³/mol. The third kappa shape index (κ3) is 4.01. The average molecular weight is 363 g/mol. The molecule has 8 heteroatoms. The average Bonchev–Trinajstić information content (AvgIpc) is 3.10. The van der Waals surface area contributed by atoms with Crippen LogP contribution in [0.3, 0.4) is 0 Å². The van der Waals surface area contributed by atoms with Crippen molar-refractivity contribution in [1.82, 2.24) is 34.3 Å². The topological polar surface area (TPSA) is 80.0 Å². The van der Waals surface area contributed by atoms with E-state index in [0.29, 0.717) is 18.8 Å². The van der Waals surface area contributed by atoms with Gasteiger partial charge in [0.1, 0.15) is 11.5 Å². The molecule has 138 valence electrons. The molecule has 3 aromatic heterocycles. The molecule has 4 rings (SSSR count). The second-order valence-corrected chi connectivity index (χ2v) is 6.69. The molecule has 1 aliphatic rings. The van der Waals surface area contributed by atoms with Crippen LogP contribution in [0.1, 0.15) is 27.6 Å². The summed E-state index contributed by atoms with van der Waals surface area (Å²) in [6.07, 6.45) is 10.3. The monoisotopic (exact) mass is 363 g/mol. The molecular formula is C19H21N7O. The number of carbonyl (C=O) groups is 1. The molecule has 0 unspecified atom stereocenters. The molecule has 1 amide bonds. The van der Waals surface area contributed by atoms with Gasteiger partial charge < -0.3 is 9.47 Å². The van der Waals surface area contributed by atoms with Gasteiger partial charge in [0.05, 0.1) is 18.4 Å². The van der Waals surface area contributed by atoms with Gasteiger partial charge in [0.2, 0.25) is 0 Å². The molecule has 0 atom stereocenters. The molecule has 0 aliphatic carbocycles. The molecule has 0 bridgehead atoms. The number of hydrogen-bond acceptors (Lipinski definition) is 6. The molecule has 3 aromatic rings. The van der Waals surface area contributed by atoms with Crippen molar-refractivity contribution >= 4 is 5.91 Å². The Bertz CT molecular complexity index is 910. The van der Waals surface area contributed by atoms with Crippen LogP contribution in [0.15, 0.2) is 49.3 Å². The largest absolute Gasteiger partial charge is 0.331 e. The van der Waals surface area contributed by atoms with Crippen LogP contribution < -0.4 is 0 Å². The number of nitrogens with zero attached hydrogens (tertiary/aromatic N) is 7. The van der Waals surface area contributed by atoms with Crippen LogP contribution in [0, 0.1) is 0 Å². The first kappa shape index (κ1) is 17.3. The highest BCUT2D eigenvalue weighted by molar-refractivity contribution is 5.91. The van der Waals surface area contributed by atoms with E-state index in [-0.39, 0.29) is 5.91 Å². The minimum absolute atomic E-state index is 0.104. The third-order valence-corrected chi connectivity index (χ3v) is 4.53. The van der Waals surface area contributed by atoms with Gasteiger partial charge in [0.15, 0.2) is 0 Å². The maximum atomic E-state index is 12.6. The molecule has 8 nitrogen and oxygen atoms in total. The molecule has 4 heterocycles. The zero-order chi connectivity index (χ0) is 18.6. The first-order chi connectivity index (χ1) is 13.2. The molecule has 0 N–H and O–H groups in total. The Kier molecular flexibility index (Phi) is 4.88. The first-order valence-corrected chi connectivity index (χ1v) is 8.87. The summed E-state index contributed by atoms with van der Waals surface area (Å²) >= 11 is 0. The molecule has 0 spiro atoms. The van der Waals surface area contributed by atoms with Crippen LogP contribution in [-0.4, -0.2) is 53.8 Å². The van der Waals surface area contributed by atoms with Crippen molar-refractivity contribution < 1.29 is 4.79 Å². The van der Waals surface area contributed by atoms with Gasteiger partial charge in [-0.15, -0.1) is 0 Å². The van der Waals surface area contributed by atoms with E-state index in [1.807, 2.05) is 12.3 Å². The lowest BCUT2D eigenvalue weighted by Gasteiger charge is -2.27. The van der Waals surface area contributed by atoms with Gasteiger partial charge in [-0.2, -0.15) is 0 Å². The van der Waals surface area contributed by atoms with E-state index in [9.17, 15) is 4.79 Å². The Hall–Kier alpha value is -3.13. The number of aromatic nitrogens is 5. The normalized spacial score (nSPS) is 13.6. The van der Waals surface area contributed by atoms with Crippen molar-refractivity contribution in [2.45, 2.75) is 26.2 Å². The summed E-state index contributed by atoms with van der Waals surface area (Å²) in [4.78, 5) is 33.5. The highest BCUT2D eigenvalue weighted by Crippen LogP contribution is 2.16. The van der Waals surface area contributed by atoms with E-state index in [1.165, 1.54) is 18.0 Å². The van der Waals surface area contributed by atoms with Gasteiger partial charge in [0, 0.05) is 57.2 Å². The second-order valence-electron chi connectivity index (χ2n) is 6.69. The van der Waals surface area contributed by atoms with Gasteiger partial charge >= 0.3 is 0 Å². The number of pyridine rings is 1. The van der Waals surface area contributed by atoms with Gasteiger partial charge in [-0.1, -0.05) is 6.07 Å². The van der Waals surface area contributed by atoms with Gasteiger partial charge in [0.25, 0.3) is 5.91 Å². The van der Waals surface area contributed by atoms with Crippen molar-refractivity contribution in [3.05, 3.63) is 72.1 Å². The van der Waals surface area contributed by atoms with Crippen molar-refractivity contribution in [2.24, 2.45) is 0 Å². The fourth-order valence-corrected chi connectivity index (χ4v) is 3.27. The fraction of sp³-hybridized carbons (Fsp3) is 0.316. The summed E-state index contributed by atoms with van der Waals surface area (Å²) < 4.78 is 2.13. The van der Waals surface area contributed by atoms with Crippen LogP contribution in [0.4, 0.5) is 0 Å². The van der Waals surface area contributed by atoms with Gasteiger partial charge in [-0.25, -0.2) is 9.97 Å². The molecule has 0 aromatic carbocycles. The van der Waals surface area contributed by atoms with Crippen molar-refractivity contribution in [2.75, 3.05) is 13.6 Å². The first-order valence-electron chi connectivity index (χ1n) is 8.87. The van der Waals surface area contributed by atoms with Crippen LogP contribution in [0.2, 0.25) is 0 Å². The van der Waals surface area contributed by atoms with Crippen LogP contribution in [0.5, 0.6) is 0 Å². The number of rotatable bonds is 5. The summed E-state index contributed by atoms with van der Waals surface area (Å²) in [6.45, 7) is 3.42. The Morgan fingerprint density at radius 2 is 2.04 bits per heavy atom. The third-order valence-electron chi connectivity index (χ3n) is 4.53. The van der Waals surface area contributed by atoms with E-state index in [0.717, 1.165) is 31.2 Å². The Morgan fingerprint density at radius 3 is 2.81 bits per heavy atom. The van der Waals surface area contributed by atoms with E-state index < -0.39 is 0 Å². The fourth-order valence-electron chi connectivity index (χ4n) is 3.27. The molecular weight excluding hydrogens is 342 g/mol. The quantitative estimate of drug-likeness (QED) is 0.681. The second kappa shape index (κ2) is 7.63. The summed E-state index contributed by atoms with van der Waals surface area (Å²) in [5.41, 5.74) is 2.55. The number of carbonyl (C=O) groups excluding carboxylic acids is 1. The number of imidazole rings is 1. The standard InChI is InChI=1S/C19H21N7O/c1-24(11-15-3-2-4-20-9-15)12-16-13-25-7-8-26(14-18(25)23-16)19(27)17-10-21-5-6-22-17/h2-6,9-10,13H,7-8,11-12,14H2,1H3. The molecule has 0 saturated carbocycles. The van der Waals surface area contributed by atoms with Crippen LogP contribution in [-0.2, 0) is 26.2 Å². The number of amides is 1. The lowest BCUT2D eigenvalue weighted by Crippen LogP contribution is -2.38. The lowest BCUT2D eigenvalue weighted by molar-refractivity contribution is 0.0701. The van der Waals surface area contributed by atoms with Gasteiger partial charge in [-0.3, -0.25) is 19.7 Å². The Morgan fingerprint density at radius 1 is 1.15 bits per heavy atom. The number of fused-ring (bicyclic) bond motifs is 1. The summed E-state index contributed by atoms with van der Waals surface area (Å²) in [5.74, 6) is 0.802. The van der Waals surface area contributed by atoms with Crippen molar-refractivity contribution in [1.29, 1.82) is 0 Å². The van der Waals surface area contributed by atoms with E-state index in [2.05, 4.69) is 43.7 Å². The van der Waals surface area contributed by atoms with E-state index in [4.69, 9.17) is 4.98 Å². The summed E-state index contributed by atoms with van der Waals surface area (Å²) in [5, 5.41) is 0. The highest BCUT2D eigenvalue weighted by atomic mass is 16.2. The zero-order valence-electron chi connectivity index (χ0n) is 15.2. The molecule has 1 aliphatic heterocycles. The van der Waals surface area contributed by atoms with Crippen LogP contribution in [0.25, 0.3) is 0 Å². The number of hydrogen-bond donors (Lipinski definition) is 0. The minimum atomic E-state index is -0.104. The van der Waals surface area contributed by atoms with Crippen molar-refractivity contribution in [3.63, 3.8) is 0 Å². The predicted octanol–water partition coefficient (Wildman–Crippen LogP) is 1.36. The lowest BCUT2D eigenvalue weighted by atomic mass is 10.2. The molecule has 0 radical (unpaired) electrons. The van der Waals surface area contributed by atoms with E-state index >= 15 is 0 Å². The maximum Gasteiger partial charge on any atom is 0.274 e. The Labute approximate surface area is 157 Å². The zero-order valence-corrected chi connectivity index (χ0v) is 15.2. The maximum absolute atomic E-state index is 12.6. The summed E-state index contributed by atoms with van der Waals surface area (Å²) in [6, 6.07) is 4.01. The SMILES string of the molecule is CN(Cc1cccnc1)Cc1cn2c(n1)CN(C(=O)c1cnccn1)CC2. The summed E-state index contributed by atoms with van der Waals surface area (Å²) in [7, 11) is 2.06. The minimum Gasteiger partial charge on any atom is -0.331 e. The smallest absolute Gasteiger partial charge is 0.274 e. The van der Waals surface area contributed by atoms with Gasteiger partial charge in [-0.05, 0) is 18.7 Å². The highest BCUT2D eigenvalue weighted by Gasteiger charge is 2.24. The van der Waals surface area contributed by atoms with E-state index in [1.54, 1.807) is 17.3 Å².